The van der Waals surface area contributed by atoms with Crippen molar-refractivity contribution >= 4 is 39.4 Å². The first-order valence-corrected chi connectivity index (χ1v) is 9.36. The summed E-state index contributed by atoms with van der Waals surface area (Å²) >= 11 is 5.11. The van der Waals surface area contributed by atoms with Crippen molar-refractivity contribution in [3.05, 3.63) is 69.0 Å². The van der Waals surface area contributed by atoms with E-state index in [9.17, 15) is 9.35 Å². The zero-order valence-electron chi connectivity index (χ0n) is 12.8. The average molecular weight is 359 g/mol. The van der Waals surface area contributed by atoms with Gasteiger partial charge in [0.15, 0.2) is 4.90 Å². The zero-order chi connectivity index (χ0) is 16.7. The van der Waals surface area contributed by atoms with Crippen molar-refractivity contribution < 1.29 is 4.55 Å². The summed E-state index contributed by atoms with van der Waals surface area (Å²) in [5.41, 5.74) is 3.29. The number of nitrogens with one attached hydrogen (secondary N) is 2. The topological polar surface area (TPSA) is 68.0 Å². The Morgan fingerprint density at radius 3 is 2.96 bits per heavy atom. The number of hydrogen-bond acceptors (Lipinski definition) is 3. The van der Waals surface area contributed by atoms with Crippen LogP contribution < -0.4 is 10.9 Å². The average Bonchev–Trinajstić information content (AvgIpc) is 2.94. The van der Waals surface area contributed by atoms with Gasteiger partial charge in [-0.1, -0.05) is 17.7 Å². The van der Waals surface area contributed by atoms with Crippen LogP contribution in [0.15, 0.2) is 52.2 Å². The molecule has 1 aliphatic rings. The van der Waals surface area contributed by atoms with Crippen LogP contribution in [0.25, 0.3) is 10.9 Å². The van der Waals surface area contributed by atoms with Crippen molar-refractivity contribution in [2.24, 2.45) is 0 Å². The summed E-state index contributed by atoms with van der Waals surface area (Å²) in [6.45, 7) is 0.392. The number of H-pyrrole nitrogens is 1. The van der Waals surface area contributed by atoms with Crippen molar-refractivity contribution in [2.75, 3.05) is 11.1 Å². The highest BCUT2D eigenvalue weighted by molar-refractivity contribution is 7.91. The van der Waals surface area contributed by atoms with E-state index in [4.69, 9.17) is 11.6 Å². The molecule has 0 spiro atoms. The van der Waals surface area contributed by atoms with E-state index in [2.05, 4.69) is 10.3 Å². The molecule has 0 aliphatic carbocycles. The van der Waals surface area contributed by atoms with E-state index in [1.807, 2.05) is 30.3 Å². The van der Waals surface area contributed by atoms with Crippen LogP contribution in [0.3, 0.4) is 0 Å². The second kappa shape index (κ2) is 6.16. The molecule has 3 aromatic rings. The van der Waals surface area contributed by atoms with Gasteiger partial charge in [-0.15, -0.1) is 0 Å². The fourth-order valence-corrected chi connectivity index (χ4v) is 4.47. The summed E-state index contributed by atoms with van der Waals surface area (Å²) < 4.78 is 11.9. The van der Waals surface area contributed by atoms with Gasteiger partial charge >= 0.3 is 0 Å². The third-order valence-electron chi connectivity index (χ3n) is 4.24. The van der Waals surface area contributed by atoms with E-state index in [0.29, 0.717) is 22.9 Å². The SMILES string of the molecule is O=c1[nH]c2ccc(Cl)cc2cc1CNc1ccc2c(c1)[S@+]([O-])CC2. The Morgan fingerprint density at radius 1 is 1.21 bits per heavy atom. The largest absolute Gasteiger partial charge is 0.611 e. The molecule has 2 aromatic carbocycles. The summed E-state index contributed by atoms with van der Waals surface area (Å²) in [4.78, 5) is 16.0. The van der Waals surface area contributed by atoms with E-state index in [1.54, 1.807) is 12.1 Å². The number of rotatable bonds is 3. The summed E-state index contributed by atoms with van der Waals surface area (Å²) in [7, 11) is 0. The van der Waals surface area contributed by atoms with Gasteiger partial charge in [-0.3, -0.25) is 4.79 Å². The maximum atomic E-state index is 12.2. The molecule has 6 heteroatoms. The van der Waals surface area contributed by atoms with Crippen LogP contribution in [0.2, 0.25) is 5.02 Å². The molecule has 0 bridgehead atoms. The highest BCUT2D eigenvalue weighted by Crippen LogP contribution is 2.28. The Balaban J connectivity index is 1.60. The third-order valence-corrected chi connectivity index (χ3v) is 5.92. The highest BCUT2D eigenvalue weighted by Gasteiger charge is 2.24. The summed E-state index contributed by atoms with van der Waals surface area (Å²) in [5, 5.41) is 4.77. The second-order valence-corrected chi connectivity index (χ2v) is 7.81. The molecule has 24 heavy (non-hydrogen) atoms. The van der Waals surface area contributed by atoms with Gasteiger partial charge in [0.1, 0.15) is 5.75 Å². The molecule has 2 heterocycles. The van der Waals surface area contributed by atoms with Gasteiger partial charge in [-0.25, -0.2) is 0 Å². The second-order valence-electron chi connectivity index (χ2n) is 5.83. The Morgan fingerprint density at radius 2 is 2.08 bits per heavy atom. The lowest BCUT2D eigenvalue weighted by molar-refractivity contribution is 0.599. The lowest BCUT2D eigenvalue weighted by Gasteiger charge is -2.09. The smallest absolute Gasteiger partial charge is 0.253 e. The van der Waals surface area contributed by atoms with Crippen LogP contribution in [0.5, 0.6) is 0 Å². The number of hydrogen-bond donors (Lipinski definition) is 2. The standard InChI is InChI=1S/C18H15ClN2O2S/c19-14-2-4-16-12(8-14)7-13(18(22)21-16)10-20-15-3-1-11-5-6-24(23)17(11)9-15/h1-4,7-9,20H,5-6,10H2,(H,21,22)/t24-/m1/s1. The maximum Gasteiger partial charge on any atom is 0.253 e. The van der Waals surface area contributed by atoms with Gasteiger partial charge < -0.3 is 14.9 Å². The van der Waals surface area contributed by atoms with Crippen molar-refractivity contribution in [1.29, 1.82) is 0 Å². The van der Waals surface area contributed by atoms with Gasteiger partial charge in [0.2, 0.25) is 0 Å². The number of benzene rings is 2. The Hall–Kier alpha value is -1.95. The Kier molecular flexibility index (Phi) is 4.00. The first-order valence-electron chi connectivity index (χ1n) is 7.67. The molecule has 0 radical (unpaired) electrons. The Bertz CT molecular complexity index is 986. The molecule has 2 N–H and O–H groups in total. The molecule has 0 amide bonds. The van der Waals surface area contributed by atoms with Crippen molar-refractivity contribution in [3.8, 4) is 0 Å². The minimum absolute atomic E-state index is 0.123. The number of pyridine rings is 1. The molecular formula is C18H15ClN2O2S. The summed E-state index contributed by atoms with van der Waals surface area (Å²) in [6.07, 6.45) is 0.868. The zero-order valence-corrected chi connectivity index (χ0v) is 14.3. The van der Waals surface area contributed by atoms with E-state index in [1.165, 1.54) is 0 Å². The van der Waals surface area contributed by atoms with Gasteiger partial charge in [-0.05, 0) is 41.5 Å². The fourth-order valence-electron chi connectivity index (χ4n) is 2.95. The molecule has 0 fully saturated rings. The summed E-state index contributed by atoms with van der Waals surface area (Å²) in [5.74, 6) is 0.698. The predicted molar refractivity (Wildman–Crippen MR) is 98.3 cm³/mol. The van der Waals surface area contributed by atoms with Crippen LogP contribution in [-0.4, -0.2) is 15.3 Å². The quantitative estimate of drug-likeness (QED) is 0.704. The van der Waals surface area contributed by atoms with Crippen LogP contribution in [0.4, 0.5) is 5.69 Å². The third kappa shape index (κ3) is 2.90. The normalized spacial score (nSPS) is 16.3. The molecule has 4 nitrogen and oxygen atoms in total. The predicted octanol–water partition coefficient (Wildman–Crippen LogP) is 3.46. The lowest BCUT2D eigenvalue weighted by Crippen LogP contribution is -2.15. The Labute approximate surface area is 147 Å². The molecule has 0 unspecified atom stereocenters. The number of aromatic amines is 1. The van der Waals surface area contributed by atoms with Gasteiger partial charge in [0.25, 0.3) is 5.56 Å². The number of anilines is 1. The van der Waals surface area contributed by atoms with E-state index in [-0.39, 0.29) is 5.56 Å². The van der Waals surface area contributed by atoms with E-state index in [0.717, 1.165) is 33.5 Å². The van der Waals surface area contributed by atoms with E-state index < -0.39 is 11.2 Å². The molecule has 1 aromatic heterocycles. The number of halogens is 1. The van der Waals surface area contributed by atoms with Gasteiger partial charge in [-0.2, -0.15) is 0 Å². The first kappa shape index (κ1) is 15.6. The van der Waals surface area contributed by atoms with Crippen LogP contribution in [0, 0.1) is 0 Å². The monoisotopic (exact) mass is 358 g/mol. The molecule has 0 saturated heterocycles. The van der Waals surface area contributed by atoms with Crippen LogP contribution in [0.1, 0.15) is 11.1 Å². The van der Waals surface area contributed by atoms with Gasteiger partial charge in [0, 0.05) is 51.8 Å². The van der Waals surface area contributed by atoms with Crippen molar-refractivity contribution in [2.45, 2.75) is 17.9 Å². The maximum absolute atomic E-state index is 12.2. The summed E-state index contributed by atoms with van der Waals surface area (Å²) in [6, 6.07) is 13.1. The van der Waals surface area contributed by atoms with Crippen LogP contribution in [-0.2, 0) is 24.1 Å². The number of fused-ring (bicyclic) bond motifs is 2. The fraction of sp³-hybridized carbons (Fsp3) is 0.167. The van der Waals surface area contributed by atoms with Crippen molar-refractivity contribution in [3.63, 3.8) is 0 Å². The van der Waals surface area contributed by atoms with Gasteiger partial charge in [0.05, 0.1) is 0 Å². The lowest BCUT2D eigenvalue weighted by atomic mass is 10.1. The molecule has 122 valence electrons. The molecule has 1 atom stereocenters. The highest BCUT2D eigenvalue weighted by atomic mass is 35.5. The van der Waals surface area contributed by atoms with E-state index >= 15 is 0 Å². The molecule has 4 rings (SSSR count). The number of aromatic nitrogens is 1. The molecule has 1 aliphatic heterocycles. The van der Waals surface area contributed by atoms with Crippen LogP contribution >= 0.6 is 11.6 Å². The molecular weight excluding hydrogens is 344 g/mol. The first-order chi connectivity index (χ1) is 11.6. The number of aryl methyl sites for hydroxylation is 1. The minimum atomic E-state index is -0.904. The molecule has 0 saturated carbocycles. The minimum Gasteiger partial charge on any atom is -0.611 e. The van der Waals surface area contributed by atoms with Crippen molar-refractivity contribution in [1.82, 2.24) is 4.98 Å².